The van der Waals surface area contributed by atoms with E-state index in [0.29, 0.717) is 18.1 Å². The third kappa shape index (κ3) is 2.23. The van der Waals surface area contributed by atoms with Crippen molar-refractivity contribution in [2.45, 2.75) is 50.8 Å². The number of ether oxygens (including phenoxy) is 1. The van der Waals surface area contributed by atoms with Crippen molar-refractivity contribution < 1.29 is 9.53 Å². The lowest BCUT2D eigenvalue weighted by molar-refractivity contribution is -0.135. The summed E-state index contributed by atoms with van der Waals surface area (Å²) >= 11 is 0. The van der Waals surface area contributed by atoms with Crippen LogP contribution in [0.5, 0.6) is 0 Å². The predicted molar refractivity (Wildman–Crippen MR) is 62.2 cm³/mol. The van der Waals surface area contributed by atoms with Gasteiger partial charge in [0, 0.05) is 19.7 Å². The largest absolute Gasteiger partial charge is 0.381 e. The van der Waals surface area contributed by atoms with Gasteiger partial charge in [-0.15, -0.1) is 0 Å². The molecule has 2 rings (SSSR count). The van der Waals surface area contributed by atoms with Crippen LogP contribution >= 0.6 is 0 Å². The van der Waals surface area contributed by atoms with Gasteiger partial charge >= 0.3 is 0 Å². The Morgan fingerprint density at radius 2 is 2.25 bits per heavy atom. The quantitative estimate of drug-likeness (QED) is 0.752. The van der Waals surface area contributed by atoms with Gasteiger partial charge in [-0.05, 0) is 32.2 Å². The molecule has 0 aromatic carbocycles. The molecule has 16 heavy (non-hydrogen) atoms. The number of nitrogens with one attached hydrogen (secondary N) is 1. The van der Waals surface area contributed by atoms with Gasteiger partial charge in [-0.3, -0.25) is 4.79 Å². The van der Waals surface area contributed by atoms with Crippen LogP contribution in [0.4, 0.5) is 0 Å². The number of likely N-dealkylation sites (tertiary alicyclic amines) is 1. The Bertz CT molecular complexity index is 251. The number of hydrogen-bond acceptors (Lipinski definition) is 3. The summed E-state index contributed by atoms with van der Waals surface area (Å²) in [7, 11) is 1.75. The molecule has 1 saturated heterocycles. The second-order valence-electron chi connectivity index (χ2n) is 4.81. The summed E-state index contributed by atoms with van der Waals surface area (Å²) in [5.41, 5.74) is 0. The Kier molecular flexibility index (Phi) is 3.82. The third-order valence-corrected chi connectivity index (χ3v) is 3.72. The molecular weight excluding hydrogens is 204 g/mol. The first-order valence-electron chi connectivity index (χ1n) is 6.33. The standard InChI is InChI=1S/C12H22N2O2/c1-3-5-13-11-4-6-14(12(11)15)9-7-10(8-9)16-2/h9-11,13H,3-8H2,1-2H3. The van der Waals surface area contributed by atoms with Gasteiger partial charge in [0.15, 0.2) is 0 Å². The summed E-state index contributed by atoms with van der Waals surface area (Å²) in [5.74, 6) is 0.299. The maximum absolute atomic E-state index is 12.1. The molecule has 4 heteroatoms. The fourth-order valence-electron chi connectivity index (χ4n) is 2.56. The van der Waals surface area contributed by atoms with Crippen molar-refractivity contribution in [1.82, 2.24) is 10.2 Å². The summed E-state index contributed by atoms with van der Waals surface area (Å²) in [6.07, 6.45) is 4.46. The minimum atomic E-state index is 0.0709. The highest BCUT2D eigenvalue weighted by molar-refractivity contribution is 5.84. The topological polar surface area (TPSA) is 41.6 Å². The van der Waals surface area contributed by atoms with Crippen molar-refractivity contribution in [2.24, 2.45) is 0 Å². The van der Waals surface area contributed by atoms with Gasteiger partial charge in [0.2, 0.25) is 5.91 Å². The Labute approximate surface area is 97.3 Å². The zero-order valence-electron chi connectivity index (χ0n) is 10.2. The van der Waals surface area contributed by atoms with E-state index < -0.39 is 0 Å². The predicted octanol–water partition coefficient (Wildman–Crippen LogP) is 0.764. The molecule has 1 aliphatic carbocycles. The van der Waals surface area contributed by atoms with E-state index in [9.17, 15) is 4.79 Å². The van der Waals surface area contributed by atoms with E-state index in [0.717, 1.165) is 38.8 Å². The molecule has 0 bridgehead atoms. The van der Waals surface area contributed by atoms with Crippen LogP contribution in [0.3, 0.4) is 0 Å². The van der Waals surface area contributed by atoms with E-state index in [2.05, 4.69) is 12.2 Å². The van der Waals surface area contributed by atoms with Crippen LogP contribution < -0.4 is 5.32 Å². The number of nitrogens with zero attached hydrogens (tertiary/aromatic N) is 1. The number of hydrogen-bond donors (Lipinski definition) is 1. The monoisotopic (exact) mass is 226 g/mol. The van der Waals surface area contributed by atoms with Gasteiger partial charge in [-0.1, -0.05) is 6.92 Å². The highest BCUT2D eigenvalue weighted by Gasteiger charge is 2.41. The van der Waals surface area contributed by atoms with Crippen LogP contribution in [0.15, 0.2) is 0 Å². The molecular formula is C12H22N2O2. The summed E-state index contributed by atoms with van der Waals surface area (Å²) < 4.78 is 5.25. The van der Waals surface area contributed by atoms with Gasteiger partial charge in [0.05, 0.1) is 12.1 Å². The molecule has 0 spiro atoms. The van der Waals surface area contributed by atoms with Crippen LogP contribution in [-0.4, -0.2) is 49.2 Å². The number of amides is 1. The summed E-state index contributed by atoms with van der Waals surface area (Å²) in [6, 6.07) is 0.507. The number of methoxy groups -OCH3 is 1. The van der Waals surface area contributed by atoms with Gasteiger partial charge in [-0.25, -0.2) is 0 Å². The molecule has 1 N–H and O–H groups in total. The lowest BCUT2D eigenvalue weighted by Crippen LogP contribution is -2.50. The summed E-state index contributed by atoms with van der Waals surface area (Å²) in [4.78, 5) is 14.1. The zero-order chi connectivity index (χ0) is 11.5. The molecule has 2 fully saturated rings. The fraction of sp³-hybridized carbons (Fsp3) is 0.917. The van der Waals surface area contributed by atoms with Crippen LogP contribution in [0, 0.1) is 0 Å². The first kappa shape index (κ1) is 11.9. The van der Waals surface area contributed by atoms with E-state index in [1.54, 1.807) is 7.11 Å². The molecule has 1 saturated carbocycles. The molecule has 1 amide bonds. The van der Waals surface area contributed by atoms with Crippen molar-refractivity contribution in [3.63, 3.8) is 0 Å². The molecule has 1 aliphatic heterocycles. The van der Waals surface area contributed by atoms with Gasteiger partial charge in [0.25, 0.3) is 0 Å². The molecule has 1 atom stereocenters. The highest BCUT2D eigenvalue weighted by Crippen LogP contribution is 2.30. The van der Waals surface area contributed by atoms with Crippen molar-refractivity contribution in [1.29, 1.82) is 0 Å². The van der Waals surface area contributed by atoms with Gasteiger partial charge in [0.1, 0.15) is 0 Å². The molecule has 1 heterocycles. The molecule has 0 aromatic rings. The average Bonchev–Trinajstić information content (AvgIpc) is 2.57. The second-order valence-corrected chi connectivity index (χ2v) is 4.81. The number of carbonyl (C=O) groups excluding carboxylic acids is 1. The number of rotatable bonds is 5. The van der Waals surface area contributed by atoms with Gasteiger partial charge in [-0.2, -0.15) is 0 Å². The normalized spacial score (nSPS) is 34.2. The minimum Gasteiger partial charge on any atom is -0.381 e. The third-order valence-electron chi connectivity index (χ3n) is 3.72. The zero-order valence-corrected chi connectivity index (χ0v) is 10.2. The lowest BCUT2D eigenvalue weighted by Gasteiger charge is -2.40. The summed E-state index contributed by atoms with van der Waals surface area (Å²) in [6.45, 7) is 3.98. The van der Waals surface area contributed by atoms with E-state index in [1.165, 1.54) is 0 Å². The van der Waals surface area contributed by atoms with Crippen LogP contribution in [-0.2, 0) is 9.53 Å². The van der Waals surface area contributed by atoms with Gasteiger partial charge < -0.3 is 15.0 Å². The highest BCUT2D eigenvalue weighted by atomic mass is 16.5. The van der Waals surface area contributed by atoms with Crippen molar-refractivity contribution in [2.75, 3.05) is 20.2 Å². The molecule has 92 valence electrons. The summed E-state index contributed by atoms with van der Waals surface area (Å²) in [5, 5.41) is 3.32. The van der Waals surface area contributed by atoms with Crippen LogP contribution in [0.25, 0.3) is 0 Å². The second kappa shape index (κ2) is 5.15. The van der Waals surface area contributed by atoms with Crippen molar-refractivity contribution >= 4 is 5.91 Å². The molecule has 4 nitrogen and oxygen atoms in total. The van der Waals surface area contributed by atoms with Crippen molar-refractivity contribution in [3.05, 3.63) is 0 Å². The molecule has 0 radical (unpaired) electrons. The van der Waals surface area contributed by atoms with Crippen molar-refractivity contribution in [3.8, 4) is 0 Å². The maximum atomic E-state index is 12.1. The Morgan fingerprint density at radius 1 is 1.50 bits per heavy atom. The minimum absolute atomic E-state index is 0.0709. The Hall–Kier alpha value is -0.610. The van der Waals surface area contributed by atoms with Crippen LogP contribution in [0.2, 0.25) is 0 Å². The fourth-order valence-corrected chi connectivity index (χ4v) is 2.56. The molecule has 0 aromatic heterocycles. The first-order chi connectivity index (χ1) is 7.76. The smallest absolute Gasteiger partial charge is 0.240 e. The SMILES string of the molecule is CCCNC1CCN(C2CC(OC)C2)C1=O. The Balaban J connectivity index is 1.79. The van der Waals surface area contributed by atoms with Crippen LogP contribution in [0.1, 0.15) is 32.6 Å². The maximum Gasteiger partial charge on any atom is 0.240 e. The Morgan fingerprint density at radius 3 is 2.88 bits per heavy atom. The number of carbonyl (C=O) groups is 1. The van der Waals surface area contributed by atoms with E-state index >= 15 is 0 Å². The molecule has 1 unspecified atom stereocenters. The average molecular weight is 226 g/mol. The van der Waals surface area contributed by atoms with E-state index in [4.69, 9.17) is 4.74 Å². The lowest BCUT2D eigenvalue weighted by atomic mass is 9.88. The van der Waals surface area contributed by atoms with E-state index in [-0.39, 0.29) is 6.04 Å². The van der Waals surface area contributed by atoms with E-state index in [1.807, 2.05) is 4.90 Å². The molecule has 2 aliphatic rings. The first-order valence-corrected chi connectivity index (χ1v) is 6.33.